The number of pyridine rings is 1. The lowest BCUT2D eigenvalue weighted by atomic mass is 9.94. The van der Waals surface area contributed by atoms with Gasteiger partial charge < -0.3 is 24.5 Å². The maximum absolute atomic E-state index is 12.0. The molecule has 3 aliphatic heterocycles. The number of benzene rings is 2. The molecule has 2 saturated heterocycles. The lowest BCUT2D eigenvalue weighted by molar-refractivity contribution is 0.0273. The normalized spacial score (nSPS) is 22.9. The van der Waals surface area contributed by atoms with E-state index in [4.69, 9.17) is 30.8 Å². The number of H-pyrrole nitrogens is 1. The Bertz CT molecular complexity index is 1490. The van der Waals surface area contributed by atoms with Gasteiger partial charge in [-0.15, -0.1) is 0 Å². The van der Waals surface area contributed by atoms with Crippen LogP contribution in [0.25, 0.3) is 33.5 Å². The predicted octanol–water partition coefficient (Wildman–Crippen LogP) is 4.17. The number of nitrogens with one attached hydrogen (secondary N) is 2. The molecule has 36 heavy (non-hydrogen) atoms. The highest BCUT2D eigenvalue weighted by atomic mass is 35.5. The summed E-state index contributed by atoms with van der Waals surface area (Å²) in [4.78, 5) is 24.4. The molecule has 9 heteroatoms. The molecule has 2 aromatic carbocycles. The van der Waals surface area contributed by atoms with E-state index in [0.717, 1.165) is 40.7 Å². The summed E-state index contributed by atoms with van der Waals surface area (Å²) in [5, 5.41) is 3.41. The van der Waals surface area contributed by atoms with Crippen LogP contribution in [0.4, 0.5) is 0 Å². The Balaban J connectivity index is 1.14. The van der Waals surface area contributed by atoms with Gasteiger partial charge in [0, 0.05) is 24.3 Å². The Labute approximate surface area is 211 Å². The molecule has 1 unspecified atom stereocenters. The maximum atomic E-state index is 12.0. The molecule has 3 atom stereocenters. The van der Waals surface area contributed by atoms with Gasteiger partial charge in [-0.2, -0.15) is 4.98 Å². The van der Waals surface area contributed by atoms with E-state index in [-0.39, 0.29) is 24.2 Å². The van der Waals surface area contributed by atoms with E-state index in [1.807, 2.05) is 42.5 Å². The van der Waals surface area contributed by atoms with Crippen molar-refractivity contribution in [3.63, 3.8) is 0 Å². The van der Waals surface area contributed by atoms with E-state index < -0.39 is 0 Å². The van der Waals surface area contributed by atoms with E-state index in [2.05, 4.69) is 21.4 Å². The summed E-state index contributed by atoms with van der Waals surface area (Å²) < 4.78 is 17.6. The Hall–Kier alpha value is -3.46. The number of halogens is 1. The molecule has 3 aliphatic rings. The number of rotatable bonds is 4. The molecule has 8 nitrogen and oxygen atoms in total. The number of amides is 1. The van der Waals surface area contributed by atoms with Gasteiger partial charge in [-0.3, -0.25) is 4.79 Å². The standard InChI is InChI=1S/C27H23ClN4O4/c28-19-12-20-25(32-27(30-20)36-22-13-35-21-8-10-34-24(21)22)31-23(19)15-3-1-14(2-4-15)16-5-6-18-17(11-16)7-9-29-26(18)33/h1-6,11-12,21-22,24H,7-10,13H2,(H,29,33)(H,30,31,32)/t21-,22?,24+/m1/s1. The van der Waals surface area contributed by atoms with Crippen LogP contribution in [0.15, 0.2) is 48.5 Å². The number of aromatic amines is 1. The first-order chi connectivity index (χ1) is 17.6. The smallest absolute Gasteiger partial charge is 0.296 e. The highest BCUT2D eigenvalue weighted by Crippen LogP contribution is 2.33. The molecule has 0 bridgehead atoms. The molecular formula is C27H23ClN4O4. The van der Waals surface area contributed by atoms with Crippen molar-refractivity contribution in [1.82, 2.24) is 20.3 Å². The van der Waals surface area contributed by atoms with Gasteiger partial charge in [0.2, 0.25) is 0 Å². The van der Waals surface area contributed by atoms with E-state index in [1.54, 1.807) is 0 Å². The number of aromatic nitrogens is 3. The summed E-state index contributed by atoms with van der Waals surface area (Å²) in [7, 11) is 0. The molecule has 182 valence electrons. The number of carbonyl (C=O) groups excluding carboxylic acids is 1. The second kappa shape index (κ2) is 8.58. The van der Waals surface area contributed by atoms with Gasteiger partial charge in [0.15, 0.2) is 11.8 Å². The van der Waals surface area contributed by atoms with Gasteiger partial charge in [-0.25, -0.2) is 4.98 Å². The summed E-state index contributed by atoms with van der Waals surface area (Å²) in [6.07, 6.45) is 1.58. The number of hydrogen-bond donors (Lipinski definition) is 2. The molecule has 2 fully saturated rings. The Morgan fingerprint density at radius 1 is 1.00 bits per heavy atom. The average molecular weight is 503 g/mol. The van der Waals surface area contributed by atoms with Crippen LogP contribution < -0.4 is 10.1 Å². The summed E-state index contributed by atoms with van der Waals surface area (Å²) in [5.74, 6) is -0.00572. The molecule has 0 spiro atoms. The van der Waals surface area contributed by atoms with E-state index >= 15 is 0 Å². The second-order valence-electron chi connectivity index (χ2n) is 9.34. The Kier molecular flexibility index (Phi) is 5.20. The van der Waals surface area contributed by atoms with Gasteiger partial charge in [0.25, 0.3) is 11.9 Å². The number of fused-ring (bicyclic) bond motifs is 3. The topological polar surface area (TPSA) is 98.4 Å². The van der Waals surface area contributed by atoms with Gasteiger partial charge in [-0.1, -0.05) is 48.0 Å². The highest BCUT2D eigenvalue weighted by Gasteiger charge is 2.43. The minimum atomic E-state index is -0.196. The zero-order chi connectivity index (χ0) is 24.2. The van der Waals surface area contributed by atoms with Crippen LogP contribution in [0, 0.1) is 0 Å². The number of ether oxygens (including phenoxy) is 3. The van der Waals surface area contributed by atoms with E-state index in [1.165, 1.54) is 0 Å². The quantitative estimate of drug-likeness (QED) is 0.434. The molecule has 0 radical (unpaired) electrons. The van der Waals surface area contributed by atoms with Crippen molar-refractivity contribution in [3.05, 3.63) is 64.7 Å². The molecule has 5 heterocycles. The maximum Gasteiger partial charge on any atom is 0.296 e. The molecular weight excluding hydrogens is 480 g/mol. The number of carbonyl (C=O) groups is 1. The van der Waals surface area contributed by atoms with Crippen LogP contribution in [0.1, 0.15) is 22.3 Å². The monoisotopic (exact) mass is 502 g/mol. The van der Waals surface area contributed by atoms with Crippen molar-refractivity contribution < 1.29 is 19.0 Å². The third kappa shape index (κ3) is 3.73. The molecule has 2 N–H and O–H groups in total. The van der Waals surface area contributed by atoms with E-state index in [9.17, 15) is 4.79 Å². The minimum absolute atomic E-state index is 0.00572. The Morgan fingerprint density at radius 3 is 2.72 bits per heavy atom. The van der Waals surface area contributed by atoms with Crippen molar-refractivity contribution in [2.75, 3.05) is 19.8 Å². The molecule has 2 aromatic heterocycles. The second-order valence-corrected chi connectivity index (χ2v) is 9.75. The summed E-state index contributed by atoms with van der Waals surface area (Å²) in [5.41, 5.74) is 6.74. The van der Waals surface area contributed by atoms with Gasteiger partial charge in [0.05, 0.1) is 28.9 Å². The summed E-state index contributed by atoms with van der Waals surface area (Å²) in [6, 6.07) is 16.3. The predicted molar refractivity (Wildman–Crippen MR) is 134 cm³/mol. The summed E-state index contributed by atoms with van der Waals surface area (Å²) in [6.45, 7) is 1.85. The lowest BCUT2D eigenvalue weighted by Crippen LogP contribution is -2.32. The fraction of sp³-hybridized carbons (Fsp3) is 0.296. The highest BCUT2D eigenvalue weighted by molar-refractivity contribution is 6.33. The summed E-state index contributed by atoms with van der Waals surface area (Å²) >= 11 is 6.61. The van der Waals surface area contributed by atoms with E-state index in [0.29, 0.717) is 47.6 Å². The molecule has 0 saturated carbocycles. The fourth-order valence-corrected chi connectivity index (χ4v) is 5.52. The van der Waals surface area contributed by atoms with Crippen LogP contribution in [-0.4, -0.2) is 58.9 Å². The van der Waals surface area contributed by atoms with Crippen molar-refractivity contribution in [3.8, 4) is 28.4 Å². The molecule has 7 rings (SSSR count). The molecule has 4 aromatic rings. The van der Waals surface area contributed by atoms with Gasteiger partial charge >= 0.3 is 0 Å². The van der Waals surface area contributed by atoms with Crippen molar-refractivity contribution in [2.45, 2.75) is 31.2 Å². The number of hydrogen-bond acceptors (Lipinski definition) is 6. The van der Waals surface area contributed by atoms with Gasteiger partial charge in [0.1, 0.15) is 6.10 Å². The van der Waals surface area contributed by atoms with Crippen molar-refractivity contribution in [2.24, 2.45) is 0 Å². The largest absolute Gasteiger partial charge is 0.456 e. The number of imidazole rings is 1. The molecule has 1 amide bonds. The van der Waals surface area contributed by atoms with Crippen LogP contribution in [0.2, 0.25) is 5.02 Å². The van der Waals surface area contributed by atoms with Crippen molar-refractivity contribution >= 4 is 28.7 Å². The first-order valence-corrected chi connectivity index (χ1v) is 12.5. The van der Waals surface area contributed by atoms with Crippen LogP contribution in [0.3, 0.4) is 0 Å². The first kappa shape index (κ1) is 21.8. The third-order valence-electron chi connectivity index (χ3n) is 7.11. The minimum Gasteiger partial charge on any atom is -0.456 e. The molecule has 0 aliphatic carbocycles. The number of nitrogens with zero attached hydrogens (tertiary/aromatic N) is 2. The lowest BCUT2D eigenvalue weighted by Gasteiger charge is -2.17. The first-order valence-electron chi connectivity index (χ1n) is 12.1. The van der Waals surface area contributed by atoms with Crippen LogP contribution >= 0.6 is 11.6 Å². The van der Waals surface area contributed by atoms with Gasteiger partial charge in [-0.05, 0) is 41.7 Å². The zero-order valence-electron chi connectivity index (χ0n) is 19.3. The average Bonchev–Trinajstić information content (AvgIpc) is 3.61. The Morgan fingerprint density at radius 2 is 1.83 bits per heavy atom. The SMILES string of the molecule is O=C1NCCc2cc(-c3ccc(-c4nc5nc(OC6CO[C@@H]7CCO[C@H]67)[nH]c5cc4Cl)cc3)ccc21. The van der Waals surface area contributed by atoms with Crippen molar-refractivity contribution in [1.29, 1.82) is 0 Å². The zero-order valence-corrected chi connectivity index (χ0v) is 20.0. The van der Waals surface area contributed by atoms with Crippen LogP contribution in [0.5, 0.6) is 6.01 Å². The van der Waals surface area contributed by atoms with Crippen LogP contribution in [-0.2, 0) is 15.9 Å². The fourth-order valence-electron chi connectivity index (χ4n) is 5.26. The third-order valence-corrected chi connectivity index (χ3v) is 7.40.